The van der Waals surface area contributed by atoms with Crippen LogP contribution in [0.5, 0.6) is 0 Å². The highest BCUT2D eigenvalue weighted by molar-refractivity contribution is 5.71. The average Bonchev–Trinajstić information content (AvgIpc) is 3.05. The van der Waals surface area contributed by atoms with Gasteiger partial charge in [0, 0.05) is 19.3 Å². The topological polar surface area (TPSA) is 78.9 Å². The number of carbonyl (C=O) groups is 3. The molecule has 278 valence electrons. The van der Waals surface area contributed by atoms with Crippen molar-refractivity contribution >= 4 is 17.9 Å². The molecule has 0 heterocycles. The van der Waals surface area contributed by atoms with E-state index >= 15 is 0 Å². The zero-order chi connectivity index (χ0) is 34.6. The predicted octanol–water partition coefficient (Wildman–Crippen LogP) is 12.4. The summed E-state index contributed by atoms with van der Waals surface area (Å²) in [7, 11) is 0. The Morgan fingerprint density at radius 2 is 0.702 bits per heavy atom. The molecule has 0 fully saturated rings. The van der Waals surface area contributed by atoms with E-state index in [-0.39, 0.29) is 31.1 Å². The van der Waals surface area contributed by atoms with Crippen LogP contribution in [0.3, 0.4) is 0 Å². The molecule has 47 heavy (non-hydrogen) atoms. The van der Waals surface area contributed by atoms with Gasteiger partial charge in [0.15, 0.2) is 6.10 Å². The van der Waals surface area contributed by atoms with Gasteiger partial charge in [-0.3, -0.25) is 14.4 Å². The van der Waals surface area contributed by atoms with Gasteiger partial charge in [-0.15, -0.1) is 0 Å². The predicted molar refractivity (Wildman–Crippen MR) is 196 cm³/mol. The second-order valence-electron chi connectivity index (χ2n) is 14.4. The lowest BCUT2D eigenvalue weighted by atomic mass is 10.0. The van der Waals surface area contributed by atoms with Crippen LogP contribution in [-0.4, -0.2) is 37.2 Å². The minimum atomic E-state index is -0.757. The standard InChI is InChI=1S/C41H78O6/c1-5-7-9-11-13-14-15-16-22-26-30-34-41(44)47-38(35-45-39(42)32-28-24-19-12-10-8-6-2)36-46-40(43)33-29-25-21-18-17-20-23-27-31-37(3)4/h37-38H,5-36H2,1-4H3/t38-/m1/s1. The molecule has 0 saturated heterocycles. The molecule has 0 aromatic carbocycles. The van der Waals surface area contributed by atoms with Crippen LogP contribution in [0.15, 0.2) is 0 Å². The maximum Gasteiger partial charge on any atom is 0.306 e. The smallest absolute Gasteiger partial charge is 0.306 e. The lowest BCUT2D eigenvalue weighted by Gasteiger charge is -2.18. The Labute approximate surface area is 291 Å². The first-order valence-corrected chi connectivity index (χ1v) is 20.4. The third kappa shape index (κ3) is 35.5. The molecule has 1 atom stereocenters. The molecule has 0 aromatic rings. The first-order valence-electron chi connectivity index (χ1n) is 20.4. The van der Waals surface area contributed by atoms with Gasteiger partial charge in [0.2, 0.25) is 0 Å². The van der Waals surface area contributed by atoms with Crippen LogP contribution in [0.2, 0.25) is 0 Å². The van der Waals surface area contributed by atoms with Crippen molar-refractivity contribution in [3.8, 4) is 0 Å². The van der Waals surface area contributed by atoms with E-state index < -0.39 is 6.10 Å². The Bertz CT molecular complexity index is 706. The molecule has 0 spiro atoms. The molecule has 0 rings (SSSR count). The minimum Gasteiger partial charge on any atom is -0.462 e. The van der Waals surface area contributed by atoms with Gasteiger partial charge >= 0.3 is 17.9 Å². The number of hydrogen-bond donors (Lipinski definition) is 0. The molecule has 0 aliphatic heterocycles. The fraction of sp³-hybridized carbons (Fsp3) is 0.927. The Hall–Kier alpha value is -1.59. The molecule has 0 N–H and O–H groups in total. The van der Waals surface area contributed by atoms with E-state index in [1.807, 2.05) is 0 Å². The number of esters is 3. The normalized spacial score (nSPS) is 11.9. The van der Waals surface area contributed by atoms with Gasteiger partial charge in [-0.1, -0.05) is 182 Å². The number of rotatable bonds is 36. The Morgan fingerprint density at radius 1 is 0.404 bits per heavy atom. The van der Waals surface area contributed by atoms with Crippen molar-refractivity contribution in [3.05, 3.63) is 0 Å². The van der Waals surface area contributed by atoms with Gasteiger partial charge in [-0.2, -0.15) is 0 Å². The lowest BCUT2D eigenvalue weighted by Crippen LogP contribution is -2.30. The second kappa shape index (κ2) is 35.7. The highest BCUT2D eigenvalue weighted by Gasteiger charge is 2.19. The van der Waals surface area contributed by atoms with E-state index in [1.54, 1.807) is 0 Å². The van der Waals surface area contributed by atoms with Crippen LogP contribution >= 0.6 is 0 Å². The summed E-state index contributed by atoms with van der Waals surface area (Å²) >= 11 is 0. The maximum atomic E-state index is 12.6. The summed E-state index contributed by atoms with van der Waals surface area (Å²) in [4.78, 5) is 37.4. The molecule has 0 radical (unpaired) electrons. The van der Waals surface area contributed by atoms with Gasteiger partial charge in [0.05, 0.1) is 0 Å². The third-order valence-electron chi connectivity index (χ3n) is 9.04. The summed E-state index contributed by atoms with van der Waals surface area (Å²) in [5.41, 5.74) is 0. The van der Waals surface area contributed by atoms with E-state index in [9.17, 15) is 14.4 Å². The van der Waals surface area contributed by atoms with Crippen molar-refractivity contribution in [2.75, 3.05) is 13.2 Å². The Morgan fingerprint density at radius 3 is 1.04 bits per heavy atom. The number of unbranched alkanes of at least 4 members (excludes halogenated alkanes) is 23. The van der Waals surface area contributed by atoms with Crippen molar-refractivity contribution in [2.24, 2.45) is 5.92 Å². The number of ether oxygens (including phenoxy) is 3. The SMILES string of the molecule is CCCCCCCCCCCCCC(=O)O[C@H](COC(=O)CCCCCCCCC)COC(=O)CCCCCCCCCCC(C)C. The largest absolute Gasteiger partial charge is 0.462 e. The van der Waals surface area contributed by atoms with Crippen molar-refractivity contribution in [1.29, 1.82) is 0 Å². The van der Waals surface area contributed by atoms with E-state index in [4.69, 9.17) is 14.2 Å². The molecule has 0 aromatic heterocycles. The van der Waals surface area contributed by atoms with Crippen LogP contribution < -0.4 is 0 Å². The third-order valence-corrected chi connectivity index (χ3v) is 9.04. The first kappa shape index (κ1) is 45.4. The highest BCUT2D eigenvalue weighted by atomic mass is 16.6. The molecular formula is C41H78O6. The first-order chi connectivity index (χ1) is 22.9. The molecule has 6 nitrogen and oxygen atoms in total. The molecule has 0 amide bonds. The minimum absolute atomic E-state index is 0.0656. The summed E-state index contributed by atoms with van der Waals surface area (Å²) in [5, 5.41) is 0. The van der Waals surface area contributed by atoms with Gasteiger partial charge < -0.3 is 14.2 Å². The van der Waals surface area contributed by atoms with Crippen molar-refractivity contribution in [1.82, 2.24) is 0 Å². The summed E-state index contributed by atoms with van der Waals surface area (Å²) in [5.74, 6) is -0.0731. The van der Waals surface area contributed by atoms with E-state index in [1.165, 1.54) is 116 Å². The Kier molecular flexibility index (Phi) is 34.5. The zero-order valence-corrected chi connectivity index (χ0v) is 31.7. The summed E-state index contributed by atoms with van der Waals surface area (Å²) in [6.45, 7) is 8.89. The van der Waals surface area contributed by atoms with E-state index in [0.717, 1.165) is 63.7 Å². The summed E-state index contributed by atoms with van der Waals surface area (Å²) < 4.78 is 16.6. The zero-order valence-electron chi connectivity index (χ0n) is 31.7. The molecule has 0 aliphatic carbocycles. The fourth-order valence-corrected chi connectivity index (χ4v) is 5.92. The molecule has 0 saturated carbocycles. The van der Waals surface area contributed by atoms with Gasteiger partial charge in [0.1, 0.15) is 13.2 Å². The van der Waals surface area contributed by atoms with Gasteiger partial charge in [-0.05, 0) is 25.2 Å². The Balaban J connectivity index is 4.32. The fourth-order valence-electron chi connectivity index (χ4n) is 5.92. The summed E-state index contributed by atoms with van der Waals surface area (Å²) in [6, 6.07) is 0. The molecule has 0 aliphatic rings. The molecule has 6 heteroatoms. The van der Waals surface area contributed by atoms with Crippen LogP contribution in [0, 0.1) is 5.92 Å². The second-order valence-corrected chi connectivity index (χ2v) is 14.4. The van der Waals surface area contributed by atoms with Gasteiger partial charge in [0.25, 0.3) is 0 Å². The maximum absolute atomic E-state index is 12.6. The molecular weight excluding hydrogens is 588 g/mol. The van der Waals surface area contributed by atoms with Crippen LogP contribution in [0.25, 0.3) is 0 Å². The van der Waals surface area contributed by atoms with E-state index in [2.05, 4.69) is 27.7 Å². The molecule has 0 unspecified atom stereocenters. The van der Waals surface area contributed by atoms with Crippen LogP contribution in [0.1, 0.15) is 220 Å². The molecule has 0 bridgehead atoms. The lowest BCUT2D eigenvalue weighted by molar-refractivity contribution is -0.167. The van der Waals surface area contributed by atoms with Crippen LogP contribution in [-0.2, 0) is 28.6 Å². The number of carbonyl (C=O) groups excluding carboxylic acids is 3. The number of hydrogen-bond acceptors (Lipinski definition) is 6. The van der Waals surface area contributed by atoms with Crippen LogP contribution in [0.4, 0.5) is 0 Å². The van der Waals surface area contributed by atoms with Crippen molar-refractivity contribution in [2.45, 2.75) is 226 Å². The highest BCUT2D eigenvalue weighted by Crippen LogP contribution is 2.15. The van der Waals surface area contributed by atoms with Crippen molar-refractivity contribution < 1.29 is 28.6 Å². The van der Waals surface area contributed by atoms with Gasteiger partial charge in [-0.25, -0.2) is 0 Å². The quantitative estimate of drug-likeness (QED) is 0.0376. The van der Waals surface area contributed by atoms with E-state index in [0.29, 0.717) is 19.3 Å². The summed E-state index contributed by atoms with van der Waals surface area (Å²) in [6.07, 6.45) is 32.4. The van der Waals surface area contributed by atoms with Crippen molar-refractivity contribution in [3.63, 3.8) is 0 Å². The monoisotopic (exact) mass is 667 g/mol. The average molecular weight is 667 g/mol.